The first-order valence-electron chi connectivity index (χ1n) is 5.57. The van der Waals surface area contributed by atoms with Gasteiger partial charge >= 0.3 is 0 Å². The summed E-state index contributed by atoms with van der Waals surface area (Å²) in [6.07, 6.45) is 7.93. The van der Waals surface area contributed by atoms with Gasteiger partial charge in [-0.1, -0.05) is 0 Å². The van der Waals surface area contributed by atoms with Crippen LogP contribution in [0.4, 0.5) is 0 Å². The normalized spacial score (nSPS) is 25.9. The van der Waals surface area contributed by atoms with Crippen molar-refractivity contribution in [2.24, 2.45) is 0 Å². The minimum atomic E-state index is 0.203. The van der Waals surface area contributed by atoms with Crippen LogP contribution in [0.5, 0.6) is 0 Å². The molecule has 4 nitrogen and oxygen atoms in total. The molecule has 0 spiro atoms. The predicted molar refractivity (Wildman–Crippen MR) is 58.7 cm³/mol. The summed E-state index contributed by atoms with van der Waals surface area (Å²) in [6, 6.07) is 0. The van der Waals surface area contributed by atoms with Gasteiger partial charge in [-0.2, -0.15) is 0 Å². The highest BCUT2D eigenvalue weighted by molar-refractivity contribution is 4.86. The lowest BCUT2D eigenvalue weighted by Crippen LogP contribution is -2.43. The largest absolute Gasteiger partial charge is 0.379 e. The van der Waals surface area contributed by atoms with Gasteiger partial charge in [0.05, 0.1) is 12.9 Å². The second kappa shape index (κ2) is 4.77. The molecular weight excluding hydrogens is 190 g/mol. The molecule has 0 saturated carbocycles. The van der Waals surface area contributed by atoms with Gasteiger partial charge in [0.25, 0.3) is 0 Å². The molecule has 1 N–H and O–H groups in total. The number of rotatable bonds is 5. The lowest BCUT2D eigenvalue weighted by Gasteiger charge is -2.23. The molecule has 1 atom stereocenters. The number of imidazole rings is 1. The van der Waals surface area contributed by atoms with E-state index in [1.165, 1.54) is 0 Å². The average molecular weight is 209 g/mol. The summed E-state index contributed by atoms with van der Waals surface area (Å²) in [5, 5.41) is 3.56. The van der Waals surface area contributed by atoms with Crippen LogP contribution in [0.2, 0.25) is 0 Å². The van der Waals surface area contributed by atoms with Gasteiger partial charge in [-0.15, -0.1) is 0 Å². The van der Waals surface area contributed by atoms with Crippen molar-refractivity contribution in [3.63, 3.8) is 0 Å². The Bertz CT molecular complexity index is 278. The zero-order valence-corrected chi connectivity index (χ0v) is 9.28. The van der Waals surface area contributed by atoms with Gasteiger partial charge in [0, 0.05) is 31.1 Å². The topological polar surface area (TPSA) is 39.1 Å². The highest BCUT2D eigenvalue weighted by Gasteiger charge is 2.28. The fourth-order valence-electron chi connectivity index (χ4n) is 1.88. The third kappa shape index (κ3) is 3.04. The first-order chi connectivity index (χ1) is 7.29. The molecule has 0 radical (unpaired) electrons. The van der Waals surface area contributed by atoms with E-state index in [0.29, 0.717) is 0 Å². The first kappa shape index (κ1) is 10.6. The van der Waals surface area contributed by atoms with Crippen LogP contribution in [0, 0.1) is 0 Å². The van der Waals surface area contributed by atoms with Crippen molar-refractivity contribution in [1.82, 2.24) is 14.9 Å². The van der Waals surface area contributed by atoms with E-state index in [-0.39, 0.29) is 5.54 Å². The molecule has 1 aromatic heterocycles. The zero-order chi connectivity index (χ0) is 10.6. The van der Waals surface area contributed by atoms with Crippen molar-refractivity contribution in [3.8, 4) is 0 Å². The quantitative estimate of drug-likeness (QED) is 0.736. The Morgan fingerprint density at radius 2 is 2.53 bits per heavy atom. The standard InChI is InChI=1S/C11H19N3O/c1-11(3-8-15-9-11)13-4-2-6-14-7-5-12-10-14/h5,7,10,13H,2-4,6,8-9H2,1H3. The molecule has 0 aromatic carbocycles. The number of nitrogens with zero attached hydrogens (tertiary/aromatic N) is 2. The minimum Gasteiger partial charge on any atom is -0.379 e. The van der Waals surface area contributed by atoms with Crippen LogP contribution in [0.1, 0.15) is 19.8 Å². The molecule has 84 valence electrons. The second-order valence-electron chi connectivity index (χ2n) is 4.44. The molecule has 1 saturated heterocycles. The van der Waals surface area contributed by atoms with Gasteiger partial charge in [-0.25, -0.2) is 4.98 Å². The average Bonchev–Trinajstić information content (AvgIpc) is 2.84. The second-order valence-corrected chi connectivity index (χ2v) is 4.44. The molecule has 2 heterocycles. The van der Waals surface area contributed by atoms with E-state index >= 15 is 0 Å². The number of aryl methyl sites for hydroxylation is 1. The molecule has 1 aromatic rings. The van der Waals surface area contributed by atoms with Gasteiger partial charge in [0.15, 0.2) is 0 Å². The lowest BCUT2D eigenvalue weighted by atomic mass is 10.0. The monoisotopic (exact) mass is 209 g/mol. The highest BCUT2D eigenvalue weighted by Crippen LogP contribution is 2.16. The van der Waals surface area contributed by atoms with Crippen molar-refractivity contribution >= 4 is 0 Å². The first-order valence-corrected chi connectivity index (χ1v) is 5.57. The van der Waals surface area contributed by atoms with Crippen molar-refractivity contribution in [3.05, 3.63) is 18.7 Å². The molecule has 1 aliphatic heterocycles. The van der Waals surface area contributed by atoms with E-state index in [0.717, 1.165) is 39.1 Å². The van der Waals surface area contributed by atoms with Crippen LogP contribution >= 0.6 is 0 Å². The van der Waals surface area contributed by atoms with Gasteiger partial charge in [0.2, 0.25) is 0 Å². The lowest BCUT2D eigenvalue weighted by molar-refractivity contribution is 0.171. The number of ether oxygens (including phenoxy) is 1. The Hall–Kier alpha value is -0.870. The Morgan fingerprint density at radius 1 is 1.60 bits per heavy atom. The van der Waals surface area contributed by atoms with E-state index in [4.69, 9.17) is 4.74 Å². The Kier molecular flexibility index (Phi) is 3.38. The summed E-state index contributed by atoms with van der Waals surface area (Å²) in [5.41, 5.74) is 0.203. The van der Waals surface area contributed by atoms with Gasteiger partial charge in [-0.3, -0.25) is 0 Å². The van der Waals surface area contributed by atoms with Crippen LogP contribution in [0.3, 0.4) is 0 Å². The number of aromatic nitrogens is 2. The molecular formula is C11H19N3O. The summed E-state index contributed by atoms with van der Waals surface area (Å²) < 4.78 is 7.49. The van der Waals surface area contributed by atoms with E-state index in [9.17, 15) is 0 Å². The van der Waals surface area contributed by atoms with Crippen LogP contribution < -0.4 is 5.32 Å². The molecule has 0 bridgehead atoms. The summed E-state index contributed by atoms with van der Waals surface area (Å²) in [6.45, 7) is 6.04. The molecule has 1 fully saturated rings. The number of hydrogen-bond acceptors (Lipinski definition) is 3. The number of nitrogens with one attached hydrogen (secondary N) is 1. The molecule has 0 amide bonds. The zero-order valence-electron chi connectivity index (χ0n) is 9.28. The van der Waals surface area contributed by atoms with E-state index in [2.05, 4.69) is 21.8 Å². The van der Waals surface area contributed by atoms with E-state index in [1.54, 1.807) is 0 Å². The van der Waals surface area contributed by atoms with E-state index in [1.807, 2.05) is 18.7 Å². The maximum atomic E-state index is 5.39. The third-order valence-corrected chi connectivity index (χ3v) is 2.92. The molecule has 2 rings (SSSR count). The molecule has 4 heteroatoms. The highest BCUT2D eigenvalue weighted by atomic mass is 16.5. The number of hydrogen-bond donors (Lipinski definition) is 1. The van der Waals surface area contributed by atoms with Gasteiger partial charge in [0.1, 0.15) is 0 Å². The Morgan fingerprint density at radius 3 is 3.20 bits per heavy atom. The smallest absolute Gasteiger partial charge is 0.0945 e. The predicted octanol–water partition coefficient (Wildman–Crippen LogP) is 1.04. The van der Waals surface area contributed by atoms with Crippen LogP contribution in [-0.2, 0) is 11.3 Å². The SMILES string of the molecule is CC1(NCCCn2ccnc2)CCOC1. The van der Waals surface area contributed by atoms with Crippen LogP contribution in [0.25, 0.3) is 0 Å². The third-order valence-electron chi connectivity index (χ3n) is 2.92. The fourth-order valence-corrected chi connectivity index (χ4v) is 1.88. The minimum absolute atomic E-state index is 0.203. The van der Waals surface area contributed by atoms with Crippen molar-refractivity contribution < 1.29 is 4.74 Å². The molecule has 1 unspecified atom stereocenters. The summed E-state index contributed by atoms with van der Waals surface area (Å²) >= 11 is 0. The Balaban J connectivity index is 1.62. The van der Waals surface area contributed by atoms with Gasteiger partial charge in [-0.05, 0) is 26.3 Å². The van der Waals surface area contributed by atoms with Gasteiger partial charge < -0.3 is 14.6 Å². The summed E-state index contributed by atoms with van der Waals surface area (Å²) in [5.74, 6) is 0. The maximum absolute atomic E-state index is 5.39. The Labute approximate surface area is 90.6 Å². The fraction of sp³-hybridized carbons (Fsp3) is 0.727. The summed E-state index contributed by atoms with van der Waals surface area (Å²) in [7, 11) is 0. The van der Waals surface area contributed by atoms with Crippen molar-refractivity contribution in [1.29, 1.82) is 0 Å². The molecule has 15 heavy (non-hydrogen) atoms. The van der Waals surface area contributed by atoms with E-state index < -0.39 is 0 Å². The molecule has 1 aliphatic rings. The maximum Gasteiger partial charge on any atom is 0.0945 e. The summed E-state index contributed by atoms with van der Waals surface area (Å²) in [4.78, 5) is 4.01. The van der Waals surface area contributed by atoms with Crippen LogP contribution in [-0.4, -0.2) is 34.8 Å². The van der Waals surface area contributed by atoms with Crippen molar-refractivity contribution in [2.45, 2.75) is 31.8 Å². The van der Waals surface area contributed by atoms with Crippen LogP contribution in [0.15, 0.2) is 18.7 Å². The molecule has 0 aliphatic carbocycles. The van der Waals surface area contributed by atoms with Crippen molar-refractivity contribution in [2.75, 3.05) is 19.8 Å².